The first kappa shape index (κ1) is 17.9. The number of aromatic hydroxyl groups is 1. The zero-order valence-electron chi connectivity index (χ0n) is 14.0. The van der Waals surface area contributed by atoms with Gasteiger partial charge < -0.3 is 9.84 Å². The SMILES string of the molecule is C[C@@H](Oc1ccc2ccccc2c1)C(=O)N/N=C\c1cc(Br)ccc1O. The number of carbonyl (C=O) groups excluding carboxylic acids is 1. The van der Waals surface area contributed by atoms with E-state index in [-0.39, 0.29) is 11.7 Å². The lowest BCUT2D eigenvalue weighted by Gasteiger charge is -2.13. The van der Waals surface area contributed by atoms with E-state index in [1.165, 1.54) is 6.21 Å². The summed E-state index contributed by atoms with van der Waals surface area (Å²) in [5, 5.41) is 15.8. The van der Waals surface area contributed by atoms with Crippen molar-refractivity contribution >= 4 is 38.8 Å². The maximum Gasteiger partial charge on any atom is 0.280 e. The van der Waals surface area contributed by atoms with Crippen molar-refractivity contribution in [2.24, 2.45) is 5.10 Å². The number of ether oxygens (including phenoxy) is 1. The van der Waals surface area contributed by atoms with E-state index in [1.54, 1.807) is 25.1 Å². The Kier molecular flexibility index (Phi) is 5.53. The van der Waals surface area contributed by atoms with Crippen molar-refractivity contribution in [1.82, 2.24) is 5.43 Å². The molecule has 0 fully saturated rings. The van der Waals surface area contributed by atoms with E-state index in [0.29, 0.717) is 11.3 Å². The first-order chi connectivity index (χ1) is 12.5. The van der Waals surface area contributed by atoms with E-state index in [9.17, 15) is 9.90 Å². The zero-order chi connectivity index (χ0) is 18.5. The summed E-state index contributed by atoms with van der Waals surface area (Å²) in [7, 11) is 0. The number of nitrogens with one attached hydrogen (secondary N) is 1. The molecule has 132 valence electrons. The minimum atomic E-state index is -0.718. The molecule has 0 spiro atoms. The average Bonchev–Trinajstić information content (AvgIpc) is 2.64. The Hall–Kier alpha value is -2.86. The fourth-order valence-electron chi connectivity index (χ4n) is 2.38. The molecule has 5 nitrogen and oxygen atoms in total. The largest absolute Gasteiger partial charge is 0.507 e. The molecule has 26 heavy (non-hydrogen) atoms. The second-order valence-electron chi connectivity index (χ2n) is 5.71. The van der Waals surface area contributed by atoms with Gasteiger partial charge in [0.15, 0.2) is 6.10 Å². The second-order valence-corrected chi connectivity index (χ2v) is 6.62. The van der Waals surface area contributed by atoms with E-state index in [1.807, 2.05) is 42.5 Å². The van der Waals surface area contributed by atoms with Gasteiger partial charge in [-0.05, 0) is 48.0 Å². The Balaban J connectivity index is 1.61. The van der Waals surface area contributed by atoms with Gasteiger partial charge in [0.1, 0.15) is 11.5 Å². The summed E-state index contributed by atoms with van der Waals surface area (Å²) in [6.07, 6.45) is 0.658. The lowest BCUT2D eigenvalue weighted by molar-refractivity contribution is -0.127. The standard InChI is InChI=1S/C20H17BrN2O3/c1-13(26-18-8-6-14-4-2-3-5-15(14)11-18)20(25)23-22-12-16-10-17(21)7-9-19(16)24/h2-13,24H,1H3,(H,23,25)/b22-12-/t13-/m1/s1. The number of benzene rings is 3. The molecule has 0 aliphatic heterocycles. The highest BCUT2D eigenvalue weighted by Gasteiger charge is 2.14. The second kappa shape index (κ2) is 8.01. The molecule has 2 N–H and O–H groups in total. The van der Waals surface area contributed by atoms with E-state index in [2.05, 4.69) is 26.5 Å². The van der Waals surface area contributed by atoms with Crippen molar-refractivity contribution in [3.8, 4) is 11.5 Å². The Morgan fingerprint density at radius 2 is 1.92 bits per heavy atom. The van der Waals surface area contributed by atoms with Crippen LogP contribution in [0.25, 0.3) is 10.8 Å². The number of halogens is 1. The first-order valence-electron chi connectivity index (χ1n) is 8.00. The van der Waals surface area contributed by atoms with Gasteiger partial charge in [0.05, 0.1) is 6.21 Å². The number of carbonyl (C=O) groups is 1. The van der Waals surface area contributed by atoms with Crippen LogP contribution < -0.4 is 10.2 Å². The number of phenolic OH excluding ortho intramolecular Hbond substituents is 1. The summed E-state index contributed by atoms with van der Waals surface area (Å²) in [4.78, 5) is 12.1. The molecule has 3 aromatic rings. The number of nitrogens with zero attached hydrogens (tertiary/aromatic N) is 1. The molecular weight excluding hydrogens is 396 g/mol. The Morgan fingerprint density at radius 1 is 1.15 bits per heavy atom. The van der Waals surface area contributed by atoms with Crippen LogP contribution in [0.5, 0.6) is 11.5 Å². The smallest absolute Gasteiger partial charge is 0.280 e. The van der Waals surface area contributed by atoms with E-state index >= 15 is 0 Å². The maximum atomic E-state index is 12.1. The number of hydrogen-bond acceptors (Lipinski definition) is 4. The van der Waals surface area contributed by atoms with Gasteiger partial charge in [-0.2, -0.15) is 5.10 Å². The van der Waals surface area contributed by atoms with Crippen LogP contribution >= 0.6 is 15.9 Å². The molecule has 0 saturated carbocycles. The lowest BCUT2D eigenvalue weighted by atomic mass is 10.1. The minimum absolute atomic E-state index is 0.0756. The van der Waals surface area contributed by atoms with Crippen LogP contribution in [0.2, 0.25) is 0 Å². The molecule has 0 heterocycles. The molecule has 3 aromatic carbocycles. The highest BCUT2D eigenvalue weighted by atomic mass is 79.9. The van der Waals surface area contributed by atoms with Gasteiger partial charge in [-0.25, -0.2) is 5.43 Å². The van der Waals surface area contributed by atoms with Gasteiger partial charge in [0, 0.05) is 10.0 Å². The van der Waals surface area contributed by atoms with Crippen molar-refractivity contribution in [3.05, 3.63) is 70.7 Å². The van der Waals surface area contributed by atoms with Crippen LogP contribution in [-0.2, 0) is 4.79 Å². The molecule has 0 bridgehead atoms. The molecule has 0 saturated heterocycles. The van der Waals surface area contributed by atoms with Crippen molar-refractivity contribution in [2.75, 3.05) is 0 Å². The third-order valence-corrected chi connectivity index (χ3v) is 4.26. The van der Waals surface area contributed by atoms with Crippen molar-refractivity contribution in [2.45, 2.75) is 13.0 Å². The van der Waals surface area contributed by atoms with Crippen molar-refractivity contribution < 1.29 is 14.6 Å². The summed E-state index contributed by atoms with van der Waals surface area (Å²) in [6.45, 7) is 1.65. The third kappa shape index (κ3) is 4.40. The molecule has 0 aliphatic carbocycles. The van der Waals surface area contributed by atoms with E-state index in [4.69, 9.17) is 4.74 Å². The van der Waals surface area contributed by atoms with Gasteiger partial charge in [-0.15, -0.1) is 0 Å². The van der Waals surface area contributed by atoms with Crippen LogP contribution in [0, 0.1) is 0 Å². The van der Waals surface area contributed by atoms with Crippen LogP contribution in [0.4, 0.5) is 0 Å². The predicted octanol–water partition coefficient (Wildman–Crippen LogP) is 4.23. The Morgan fingerprint density at radius 3 is 2.73 bits per heavy atom. The van der Waals surface area contributed by atoms with E-state index in [0.717, 1.165) is 15.2 Å². The Labute approximate surface area is 159 Å². The highest BCUT2D eigenvalue weighted by Crippen LogP contribution is 2.22. The quantitative estimate of drug-likeness (QED) is 0.486. The highest BCUT2D eigenvalue weighted by molar-refractivity contribution is 9.10. The summed E-state index contributed by atoms with van der Waals surface area (Å²) < 4.78 is 6.49. The first-order valence-corrected chi connectivity index (χ1v) is 8.79. The van der Waals surface area contributed by atoms with E-state index < -0.39 is 6.10 Å². The van der Waals surface area contributed by atoms with Gasteiger partial charge in [-0.3, -0.25) is 4.79 Å². The summed E-state index contributed by atoms with van der Waals surface area (Å²) >= 11 is 3.31. The van der Waals surface area contributed by atoms with Gasteiger partial charge in [0.25, 0.3) is 5.91 Å². The summed E-state index contributed by atoms with van der Waals surface area (Å²) in [5.41, 5.74) is 2.90. The fourth-order valence-corrected chi connectivity index (χ4v) is 2.76. The van der Waals surface area contributed by atoms with Crippen LogP contribution in [0.1, 0.15) is 12.5 Å². The number of rotatable bonds is 5. The number of amides is 1. The number of phenols is 1. The van der Waals surface area contributed by atoms with Crippen LogP contribution in [0.3, 0.4) is 0 Å². The summed E-state index contributed by atoms with van der Waals surface area (Å²) in [5.74, 6) is 0.301. The van der Waals surface area contributed by atoms with Crippen LogP contribution in [-0.4, -0.2) is 23.3 Å². The number of hydrazone groups is 1. The molecular formula is C20H17BrN2O3. The molecule has 1 atom stereocenters. The molecule has 1 amide bonds. The molecule has 3 rings (SSSR count). The Bertz CT molecular complexity index is 972. The molecule has 0 radical (unpaired) electrons. The average molecular weight is 413 g/mol. The van der Waals surface area contributed by atoms with Crippen molar-refractivity contribution in [1.29, 1.82) is 0 Å². The van der Waals surface area contributed by atoms with Gasteiger partial charge >= 0.3 is 0 Å². The molecule has 0 aromatic heterocycles. The maximum absolute atomic E-state index is 12.1. The summed E-state index contributed by atoms with van der Waals surface area (Å²) in [6, 6.07) is 18.5. The molecule has 0 aliphatic rings. The van der Waals surface area contributed by atoms with Crippen molar-refractivity contribution in [3.63, 3.8) is 0 Å². The molecule has 0 unspecified atom stereocenters. The lowest BCUT2D eigenvalue weighted by Crippen LogP contribution is -2.33. The van der Waals surface area contributed by atoms with Gasteiger partial charge in [0.2, 0.25) is 0 Å². The number of hydrogen-bond donors (Lipinski definition) is 2. The van der Waals surface area contributed by atoms with Gasteiger partial charge in [-0.1, -0.05) is 46.3 Å². The monoisotopic (exact) mass is 412 g/mol. The molecule has 6 heteroatoms. The topological polar surface area (TPSA) is 70.9 Å². The van der Waals surface area contributed by atoms with Crippen LogP contribution in [0.15, 0.2) is 70.2 Å². The third-order valence-electron chi connectivity index (χ3n) is 3.77. The zero-order valence-corrected chi connectivity index (χ0v) is 15.6. The minimum Gasteiger partial charge on any atom is -0.507 e. The normalized spacial score (nSPS) is 12.2. The predicted molar refractivity (Wildman–Crippen MR) is 106 cm³/mol. The fraction of sp³-hybridized carbons (Fsp3) is 0.100. The number of fused-ring (bicyclic) bond motifs is 1.